The molecule has 0 saturated heterocycles. The number of benzene rings is 1. The molecular formula is C19H21N5O2S. The number of aromatic nitrogens is 3. The highest BCUT2D eigenvalue weighted by atomic mass is 32.1. The predicted molar refractivity (Wildman–Crippen MR) is 106 cm³/mol. The molecule has 2 aromatic heterocycles. The number of hydrogen-bond donors (Lipinski definition) is 2. The van der Waals surface area contributed by atoms with Crippen LogP contribution in [-0.4, -0.2) is 26.6 Å². The molecule has 7 nitrogen and oxygen atoms in total. The second-order valence-electron chi connectivity index (χ2n) is 6.10. The molecule has 1 atom stereocenters. The third-order valence-electron chi connectivity index (χ3n) is 4.06. The molecule has 1 unspecified atom stereocenters. The summed E-state index contributed by atoms with van der Waals surface area (Å²) in [4.78, 5) is 29.4. The quantitative estimate of drug-likeness (QED) is 0.623. The van der Waals surface area contributed by atoms with E-state index in [-0.39, 0.29) is 11.8 Å². The van der Waals surface area contributed by atoms with E-state index in [1.165, 1.54) is 22.2 Å². The van der Waals surface area contributed by atoms with Crippen molar-refractivity contribution in [3.05, 3.63) is 59.3 Å². The first-order valence-corrected chi connectivity index (χ1v) is 9.57. The average molecular weight is 383 g/mol. The van der Waals surface area contributed by atoms with Gasteiger partial charge in [0.1, 0.15) is 18.7 Å². The van der Waals surface area contributed by atoms with Gasteiger partial charge in [-0.3, -0.25) is 9.59 Å². The Morgan fingerprint density at radius 2 is 1.89 bits per heavy atom. The number of nitrogens with zero attached hydrogens (tertiary/aromatic N) is 3. The molecule has 3 rings (SSSR count). The van der Waals surface area contributed by atoms with Crippen LogP contribution in [0.1, 0.15) is 30.7 Å². The van der Waals surface area contributed by atoms with Crippen LogP contribution in [0.15, 0.2) is 54.4 Å². The molecule has 0 radical (unpaired) electrons. The van der Waals surface area contributed by atoms with E-state index < -0.39 is 6.04 Å². The molecule has 0 aliphatic carbocycles. The lowest BCUT2D eigenvalue weighted by Crippen LogP contribution is -2.24. The number of thiophene rings is 1. The normalized spacial score (nSPS) is 11.7. The SMILES string of the molecule is CC(C(=O)Nc1ccc(NC(=O)CCCc2cccs2)cc1)n1cncn1. The van der Waals surface area contributed by atoms with Gasteiger partial charge in [-0.1, -0.05) is 6.07 Å². The largest absolute Gasteiger partial charge is 0.326 e. The molecule has 1 aromatic carbocycles. The van der Waals surface area contributed by atoms with Crippen LogP contribution in [0.25, 0.3) is 0 Å². The minimum absolute atomic E-state index is 0.0110. The molecule has 0 bridgehead atoms. The summed E-state index contributed by atoms with van der Waals surface area (Å²) in [6, 6.07) is 10.7. The van der Waals surface area contributed by atoms with Crippen molar-refractivity contribution >= 4 is 34.5 Å². The summed E-state index contributed by atoms with van der Waals surface area (Å²) in [5, 5.41) is 11.7. The molecule has 2 heterocycles. The van der Waals surface area contributed by atoms with E-state index in [0.717, 1.165) is 12.8 Å². The van der Waals surface area contributed by atoms with Gasteiger partial charge in [-0.05, 0) is 55.5 Å². The Kier molecular flexibility index (Phi) is 6.32. The van der Waals surface area contributed by atoms with Gasteiger partial charge in [0.25, 0.3) is 0 Å². The van der Waals surface area contributed by atoms with E-state index in [4.69, 9.17) is 0 Å². The summed E-state index contributed by atoms with van der Waals surface area (Å²) in [5.41, 5.74) is 1.36. The number of nitrogens with one attached hydrogen (secondary N) is 2. The van der Waals surface area contributed by atoms with Crippen molar-refractivity contribution in [1.29, 1.82) is 0 Å². The first-order valence-electron chi connectivity index (χ1n) is 8.69. The maximum Gasteiger partial charge on any atom is 0.249 e. The molecule has 0 spiro atoms. The number of rotatable bonds is 8. The Hall–Kier alpha value is -3.00. The Morgan fingerprint density at radius 1 is 1.15 bits per heavy atom. The first kappa shape index (κ1) is 18.8. The fourth-order valence-corrected chi connectivity index (χ4v) is 3.27. The summed E-state index contributed by atoms with van der Waals surface area (Å²) in [6.45, 7) is 1.74. The monoisotopic (exact) mass is 383 g/mol. The van der Waals surface area contributed by atoms with Gasteiger partial charge in [0, 0.05) is 22.7 Å². The third-order valence-corrected chi connectivity index (χ3v) is 4.99. The highest BCUT2D eigenvalue weighted by Gasteiger charge is 2.15. The summed E-state index contributed by atoms with van der Waals surface area (Å²) in [5.74, 6) is -0.200. The van der Waals surface area contributed by atoms with Crippen LogP contribution in [0.5, 0.6) is 0 Å². The number of hydrogen-bond acceptors (Lipinski definition) is 5. The molecule has 2 amide bonds. The summed E-state index contributed by atoms with van der Waals surface area (Å²) in [6.07, 6.45) is 5.11. The molecule has 2 N–H and O–H groups in total. The van der Waals surface area contributed by atoms with Gasteiger partial charge >= 0.3 is 0 Å². The van der Waals surface area contributed by atoms with Gasteiger partial charge in [0.05, 0.1) is 0 Å². The number of anilines is 2. The van der Waals surface area contributed by atoms with Crippen molar-refractivity contribution in [3.8, 4) is 0 Å². The Bertz CT molecular complexity index is 860. The van der Waals surface area contributed by atoms with Crippen LogP contribution >= 0.6 is 11.3 Å². The van der Waals surface area contributed by atoms with Crippen LogP contribution < -0.4 is 10.6 Å². The van der Waals surface area contributed by atoms with Crippen molar-refractivity contribution < 1.29 is 9.59 Å². The minimum Gasteiger partial charge on any atom is -0.326 e. The lowest BCUT2D eigenvalue weighted by atomic mass is 10.2. The van der Waals surface area contributed by atoms with Crippen molar-refractivity contribution in [2.75, 3.05) is 10.6 Å². The number of aryl methyl sites for hydroxylation is 1. The van der Waals surface area contributed by atoms with Crippen molar-refractivity contribution in [2.24, 2.45) is 0 Å². The van der Waals surface area contributed by atoms with E-state index in [0.29, 0.717) is 17.8 Å². The van der Waals surface area contributed by atoms with Crippen molar-refractivity contribution in [3.63, 3.8) is 0 Å². The standard InChI is InChI=1S/C19H21N5O2S/c1-14(24-13-20-12-21-24)19(26)23-16-9-7-15(8-10-16)22-18(25)6-2-4-17-5-3-11-27-17/h3,5,7-14H,2,4,6H2,1H3,(H,22,25)(H,23,26). The van der Waals surface area contributed by atoms with E-state index in [1.54, 1.807) is 42.5 Å². The molecule has 27 heavy (non-hydrogen) atoms. The zero-order valence-electron chi connectivity index (χ0n) is 15.0. The topological polar surface area (TPSA) is 88.9 Å². The van der Waals surface area contributed by atoms with Gasteiger partial charge in [0.2, 0.25) is 11.8 Å². The van der Waals surface area contributed by atoms with E-state index in [9.17, 15) is 9.59 Å². The van der Waals surface area contributed by atoms with Gasteiger partial charge < -0.3 is 10.6 Å². The molecule has 8 heteroatoms. The van der Waals surface area contributed by atoms with E-state index in [2.05, 4.69) is 26.8 Å². The summed E-state index contributed by atoms with van der Waals surface area (Å²) in [7, 11) is 0. The highest BCUT2D eigenvalue weighted by molar-refractivity contribution is 7.09. The van der Waals surface area contributed by atoms with Crippen molar-refractivity contribution in [2.45, 2.75) is 32.2 Å². The van der Waals surface area contributed by atoms with Crippen LogP contribution in [0.3, 0.4) is 0 Å². The lowest BCUT2D eigenvalue weighted by molar-refractivity contribution is -0.119. The first-order chi connectivity index (χ1) is 13.1. The van der Waals surface area contributed by atoms with Gasteiger partial charge in [-0.25, -0.2) is 9.67 Å². The molecular weight excluding hydrogens is 362 g/mol. The number of amides is 2. The Labute approximate surface area is 161 Å². The van der Waals surface area contributed by atoms with Crippen LogP contribution in [0.4, 0.5) is 11.4 Å². The smallest absolute Gasteiger partial charge is 0.249 e. The Balaban J connectivity index is 1.45. The van der Waals surface area contributed by atoms with Crippen LogP contribution in [-0.2, 0) is 16.0 Å². The second-order valence-corrected chi connectivity index (χ2v) is 7.13. The third kappa shape index (κ3) is 5.49. The summed E-state index contributed by atoms with van der Waals surface area (Å²) < 4.78 is 1.49. The average Bonchev–Trinajstić information content (AvgIpc) is 3.36. The fourth-order valence-electron chi connectivity index (χ4n) is 2.52. The van der Waals surface area contributed by atoms with Crippen LogP contribution in [0, 0.1) is 0 Å². The summed E-state index contributed by atoms with van der Waals surface area (Å²) >= 11 is 1.71. The minimum atomic E-state index is -0.463. The lowest BCUT2D eigenvalue weighted by Gasteiger charge is -2.12. The highest BCUT2D eigenvalue weighted by Crippen LogP contribution is 2.16. The zero-order valence-corrected chi connectivity index (χ0v) is 15.8. The second kappa shape index (κ2) is 9.09. The maximum absolute atomic E-state index is 12.2. The molecule has 0 fully saturated rings. The van der Waals surface area contributed by atoms with Gasteiger partial charge in [0.15, 0.2) is 0 Å². The van der Waals surface area contributed by atoms with Gasteiger partial charge in [-0.15, -0.1) is 11.3 Å². The number of carbonyl (C=O) groups excluding carboxylic acids is 2. The van der Waals surface area contributed by atoms with Crippen LogP contribution in [0.2, 0.25) is 0 Å². The zero-order chi connectivity index (χ0) is 19.1. The predicted octanol–water partition coefficient (Wildman–Crippen LogP) is 3.50. The Morgan fingerprint density at radius 3 is 2.52 bits per heavy atom. The van der Waals surface area contributed by atoms with E-state index in [1.807, 2.05) is 11.4 Å². The molecule has 0 saturated carbocycles. The molecule has 3 aromatic rings. The molecule has 0 aliphatic heterocycles. The van der Waals surface area contributed by atoms with Crippen molar-refractivity contribution in [1.82, 2.24) is 14.8 Å². The maximum atomic E-state index is 12.2. The number of carbonyl (C=O) groups is 2. The molecule has 0 aliphatic rings. The van der Waals surface area contributed by atoms with Gasteiger partial charge in [-0.2, -0.15) is 5.10 Å². The van der Waals surface area contributed by atoms with E-state index >= 15 is 0 Å². The molecule has 140 valence electrons. The fraction of sp³-hybridized carbons (Fsp3) is 0.263.